The molecule has 1 amide bonds. The van der Waals surface area contributed by atoms with Crippen LogP contribution >= 0.6 is 0 Å². The van der Waals surface area contributed by atoms with Crippen molar-refractivity contribution in [1.82, 2.24) is 14.9 Å². The highest BCUT2D eigenvalue weighted by atomic mass is 16.2. The smallest absolute Gasteiger partial charge is 0.225 e. The second kappa shape index (κ2) is 8.11. The molecule has 1 aliphatic rings. The molecule has 1 aromatic rings. The van der Waals surface area contributed by atoms with E-state index in [1.54, 1.807) is 0 Å². The third kappa shape index (κ3) is 4.42. The molecule has 122 valence electrons. The van der Waals surface area contributed by atoms with Gasteiger partial charge in [0.15, 0.2) is 0 Å². The van der Waals surface area contributed by atoms with Crippen LogP contribution in [0.2, 0.25) is 0 Å². The van der Waals surface area contributed by atoms with Gasteiger partial charge in [-0.2, -0.15) is 0 Å². The third-order valence-electron chi connectivity index (χ3n) is 4.55. The van der Waals surface area contributed by atoms with E-state index in [0.717, 1.165) is 57.0 Å². The molecule has 0 atom stereocenters. The van der Waals surface area contributed by atoms with Gasteiger partial charge in [0.1, 0.15) is 0 Å². The topological polar surface area (TPSA) is 49.3 Å². The average molecular weight is 304 g/mol. The number of aryl methyl sites for hydroxylation is 1. The number of piperidine rings is 1. The molecule has 0 unspecified atom stereocenters. The first-order valence-electron chi connectivity index (χ1n) is 8.45. The zero-order valence-electron chi connectivity index (χ0n) is 14.1. The molecule has 0 radical (unpaired) electrons. The third-order valence-corrected chi connectivity index (χ3v) is 4.55. The molecule has 0 bridgehead atoms. The first-order valence-corrected chi connectivity index (χ1v) is 8.45. The van der Waals surface area contributed by atoms with Crippen LogP contribution < -0.4 is 4.90 Å². The Morgan fingerprint density at radius 1 is 1.23 bits per heavy atom. The number of anilines is 1. The van der Waals surface area contributed by atoms with Crippen LogP contribution in [0.1, 0.15) is 45.1 Å². The first-order chi connectivity index (χ1) is 10.6. The fourth-order valence-electron chi connectivity index (χ4n) is 3.03. The molecule has 0 aromatic carbocycles. The van der Waals surface area contributed by atoms with Gasteiger partial charge in [0, 0.05) is 45.0 Å². The van der Waals surface area contributed by atoms with Crippen molar-refractivity contribution in [3.63, 3.8) is 0 Å². The van der Waals surface area contributed by atoms with Gasteiger partial charge in [0.2, 0.25) is 11.9 Å². The number of hydrogen-bond donors (Lipinski definition) is 0. The Morgan fingerprint density at radius 3 is 2.36 bits per heavy atom. The summed E-state index contributed by atoms with van der Waals surface area (Å²) in [5, 5.41) is 0. The average Bonchev–Trinajstić information content (AvgIpc) is 2.55. The molecule has 0 aliphatic carbocycles. The number of carbonyl (C=O) groups excluding carboxylic acids is 1. The van der Waals surface area contributed by atoms with Crippen LogP contribution in [-0.4, -0.2) is 47.0 Å². The monoisotopic (exact) mass is 304 g/mol. The van der Waals surface area contributed by atoms with Crippen molar-refractivity contribution in [2.45, 2.75) is 46.5 Å². The van der Waals surface area contributed by atoms with Gasteiger partial charge in [-0.3, -0.25) is 4.79 Å². The fourth-order valence-corrected chi connectivity index (χ4v) is 3.03. The highest BCUT2D eigenvalue weighted by Crippen LogP contribution is 2.24. The number of nitrogens with zero attached hydrogens (tertiary/aromatic N) is 4. The number of carbonyl (C=O) groups is 1. The zero-order chi connectivity index (χ0) is 15.9. The molecule has 5 heteroatoms. The molecule has 0 N–H and O–H groups in total. The van der Waals surface area contributed by atoms with E-state index in [-0.39, 0.29) is 0 Å². The molecule has 0 spiro atoms. The Kier molecular flexibility index (Phi) is 6.16. The lowest BCUT2D eigenvalue weighted by Gasteiger charge is -2.32. The van der Waals surface area contributed by atoms with E-state index in [1.165, 1.54) is 0 Å². The summed E-state index contributed by atoms with van der Waals surface area (Å²) in [5.74, 6) is 1.79. The highest BCUT2D eigenvalue weighted by Gasteiger charge is 2.22. The molecule has 22 heavy (non-hydrogen) atoms. The predicted octanol–water partition coefficient (Wildman–Crippen LogP) is 2.65. The lowest BCUT2D eigenvalue weighted by atomic mass is 9.92. The van der Waals surface area contributed by atoms with Crippen molar-refractivity contribution < 1.29 is 4.79 Å². The molecule has 2 rings (SSSR count). The van der Waals surface area contributed by atoms with Crippen molar-refractivity contribution in [2.75, 3.05) is 31.1 Å². The summed E-state index contributed by atoms with van der Waals surface area (Å²) in [4.78, 5) is 25.0. The summed E-state index contributed by atoms with van der Waals surface area (Å²) in [5.41, 5.74) is 1.09. The molecule has 2 heterocycles. The van der Waals surface area contributed by atoms with Gasteiger partial charge < -0.3 is 9.80 Å². The quantitative estimate of drug-likeness (QED) is 0.810. The largest absolute Gasteiger partial charge is 0.343 e. The van der Waals surface area contributed by atoms with Gasteiger partial charge in [-0.1, -0.05) is 0 Å². The molecular formula is C17H28N4O. The van der Waals surface area contributed by atoms with E-state index < -0.39 is 0 Å². The van der Waals surface area contributed by atoms with E-state index in [2.05, 4.69) is 14.9 Å². The Hall–Kier alpha value is -1.65. The maximum absolute atomic E-state index is 12.1. The maximum Gasteiger partial charge on any atom is 0.225 e. The van der Waals surface area contributed by atoms with Crippen molar-refractivity contribution >= 4 is 11.9 Å². The number of hydrogen-bond acceptors (Lipinski definition) is 4. The summed E-state index contributed by atoms with van der Waals surface area (Å²) in [7, 11) is 0. The summed E-state index contributed by atoms with van der Waals surface area (Å²) >= 11 is 0. The SMILES string of the molecule is CCN(CC)C(=O)CCC1CCN(c2ncc(C)cn2)CC1. The maximum atomic E-state index is 12.1. The Bertz CT molecular complexity index is 462. The van der Waals surface area contributed by atoms with Crippen LogP contribution in [0.3, 0.4) is 0 Å². The van der Waals surface area contributed by atoms with Crippen LogP contribution in [0.4, 0.5) is 5.95 Å². The van der Waals surface area contributed by atoms with Crippen molar-refractivity contribution in [2.24, 2.45) is 5.92 Å². The van der Waals surface area contributed by atoms with Gasteiger partial charge in [0.05, 0.1) is 0 Å². The fraction of sp³-hybridized carbons (Fsp3) is 0.706. The Balaban J connectivity index is 1.75. The number of amides is 1. The van der Waals surface area contributed by atoms with Crippen LogP contribution in [0, 0.1) is 12.8 Å². The molecule has 1 aromatic heterocycles. The predicted molar refractivity (Wildman–Crippen MR) is 88.9 cm³/mol. The Labute approximate surface area is 133 Å². The second-order valence-corrected chi connectivity index (χ2v) is 6.10. The summed E-state index contributed by atoms with van der Waals surface area (Å²) in [6.45, 7) is 9.71. The standard InChI is InChI=1S/C17H28N4O/c1-4-20(5-2)16(22)7-6-15-8-10-21(11-9-15)17-18-12-14(3)13-19-17/h12-13,15H,4-11H2,1-3H3. The Morgan fingerprint density at radius 2 is 1.82 bits per heavy atom. The number of rotatable bonds is 6. The molecule has 1 aliphatic heterocycles. The lowest BCUT2D eigenvalue weighted by molar-refractivity contribution is -0.131. The minimum atomic E-state index is 0.300. The summed E-state index contributed by atoms with van der Waals surface area (Å²) in [6, 6.07) is 0. The molecule has 5 nitrogen and oxygen atoms in total. The lowest BCUT2D eigenvalue weighted by Crippen LogP contribution is -2.35. The van der Waals surface area contributed by atoms with E-state index in [0.29, 0.717) is 18.2 Å². The molecule has 0 saturated carbocycles. The van der Waals surface area contributed by atoms with Crippen LogP contribution in [-0.2, 0) is 4.79 Å². The summed E-state index contributed by atoms with van der Waals surface area (Å²) in [6.07, 6.45) is 7.70. The zero-order valence-corrected chi connectivity index (χ0v) is 14.1. The highest BCUT2D eigenvalue weighted by molar-refractivity contribution is 5.76. The molecule has 1 fully saturated rings. The summed E-state index contributed by atoms with van der Waals surface area (Å²) < 4.78 is 0. The van der Waals surface area contributed by atoms with Crippen LogP contribution in [0.5, 0.6) is 0 Å². The van der Waals surface area contributed by atoms with E-state index >= 15 is 0 Å². The minimum absolute atomic E-state index is 0.300. The second-order valence-electron chi connectivity index (χ2n) is 6.10. The van der Waals surface area contributed by atoms with Crippen molar-refractivity contribution in [1.29, 1.82) is 0 Å². The van der Waals surface area contributed by atoms with Gasteiger partial charge >= 0.3 is 0 Å². The van der Waals surface area contributed by atoms with Gasteiger partial charge in [-0.05, 0) is 51.5 Å². The minimum Gasteiger partial charge on any atom is -0.343 e. The van der Waals surface area contributed by atoms with Crippen LogP contribution in [0.25, 0.3) is 0 Å². The van der Waals surface area contributed by atoms with Crippen molar-refractivity contribution in [3.8, 4) is 0 Å². The van der Waals surface area contributed by atoms with Gasteiger partial charge in [-0.25, -0.2) is 9.97 Å². The van der Waals surface area contributed by atoms with E-state index in [1.807, 2.05) is 38.1 Å². The molecular weight excluding hydrogens is 276 g/mol. The van der Waals surface area contributed by atoms with Gasteiger partial charge in [-0.15, -0.1) is 0 Å². The molecule has 1 saturated heterocycles. The van der Waals surface area contributed by atoms with Crippen LogP contribution in [0.15, 0.2) is 12.4 Å². The van der Waals surface area contributed by atoms with E-state index in [4.69, 9.17) is 0 Å². The van der Waals surface area contributed by atoms with Gasteiger partial charge in [0.25, 0.3) is 0 Å². The normalized spacial score (nSPS) is 15.9. The van der Waals surface area contributed by atoms with Crippen molar-refractivity contribution in [3.05, 3.63) is 18.0 Å². The number of aromatic nitrogens is 2. The van der Waals surface area contributed by atoms with E-state index in [9.17, 15) is 4.79 Å². The first kappa shape index (κ1) is 16.7.